The Hall–Kier alpha value is -3.16. The summed E-state index contributed by atoms with van der Waals surface area (Å²) in [6.45, 7) is 8.36. The van der Waals surface area contributed by atoms with Gasteiger partial charge in [0.2, 0.25) is 0 Å². The first-order valence-electron chi connectivity index (χ1n) is 12.5. The average molecular weight is 567 g/mol. The molecule has 0 aliphatic carbocycles. The molecule has 2 unspecified atom stereocenters. The summed E-state index contributed by atoms with van der Waals surface area (Å²) in [5, 5.41) is 36.4. The number of hydroxylamine groups is 4. The maximum Gasteiger partial charge on any atom is 0.330 e. The fourth-order valence-corrected chi connectivity index (χ4v) is 3.43. The zero-order valence-electron chi connectivity index (χ0n) is 21.8. The number of carbonyl (C=O) groups excluding carboxylic acids is 2. The van der Waals surface area contributed by atoms with E-state index in [2.05, 4.69) is 34.4 Å². The number of esters is 2. The molecule has 2 heterocycles. The molecule has 2 saturated heterocycles. The van der Waals surface area contributed by atoms with Crippen molar-refractivity contribution in [3.63, 3.8) is 0 Å². The fourth-order valence-electron chi connectivity index (χ4n) is 3.43. The van der Waals surface area contributed by atoms with Crippen LogP contribution in [-0.2, 0) is 28.7 Å². The molecular weight excluding hydrogens is 532 g/mol. The van der Waals surface area contributed by atoms with Crippen LogP contribution in [0.5, 0.6) is 11.5 Å². The van der Waals surface area contributed by atoms with E-state index in [1.165, 1.54) is 0 Å². The number of nitrogens with zero attached hydrogens (tertiary/aromatic N) is 2. The van der Waals surface area contributed by atoms with Gasteiger partial charge in [0.15, 0.2) is 12.2 Å². The number of carbonyl (C=O) groups is 2. The van der Waals surface area contributed by atoms with Gasteiger partial charge in [-0.15, -0.1) is 0 Å². The molecule has 4 N–H and O–H groups in total. The van der Waals surface area contributed by atoms with Crippen molar-refractivity contribution in [2.45, 2.75) is 24.8 Å². The Balaban J connectivity index is 1.51. The van der Waals surface area contributed by atoms with Gasteiger partial charge in [-0.25, -0.2) is 20.0 Å². The van der Waals surface area contributed by atoms with E-state index in [1.807, 2.05) is 0 Å². The Morgan fingerprint density at radius 1 is 0.800 bits per heavy atom. The second kappa shape index (κ2) is 16.8. The number of hydrogen-bond donors (Lipinski definition) is 4. The van der Waals surface area contributed by atoms with Gasteiger partial charge in [-0.3, -0.25) is 21.3 Å². The van der Waals surface area contributed by atoms with Gasteiger partial charge in [-0.1, -0.05) is 19.2 Å². The number of hydrogen-bond acceptors (Lipinski definition) is 16. The molecule has 2 aliphatic rings. The van der Waals surface area contributed by atoms with Crippen LogP contribution in [0.2, 0.25) is 0 Å². The van der Waals surface area contributed by atoms with E-state index in [0.717, 1.165) is 12.2 Å². The van der Waals surface area contributed by atoms with E-state index in [1.54, 1.807) is 24.3 Å². The minimum atomic E-state index is -0.924. The van der Waals surface area contributed by atoms with Gasteiger partial charge in [0.25, 0.3) is 0 Å². The third-order valence-electron chi connectivity index (χ3n) is 5.37. The molecule has 1 aromatic carbocycles. The lowest BCUT2D eigenvalue weighted by molar-refractivity contribution is -0.189. The molecule has 0 bridgehead atoms. The molecule has 2 fully saturated rings. The average Bonchev–Trinajstić information content (AvgIpc) is 3.71. The minimum absolute atomic E-state index is 0.140. The van der Waals surface area contributed by atoms with Crippen LogP contribution in [0.15, 0.2) is 49.6 Å². The largest absolute Gasteiger partial charge is 0.760 e. The van der Waals surface area contributed by atoms with Crippen molar-refractivity contribution in [1.82, 2.24) is 31.7 Å². The molecule has 3 rings (SSSR count). The summed E-state index contributed by atoms with van der Waals surface area (Å²) in [7, 11) is 0. The lowest BCUT2D eigenvalue weighted by Crippen LogP contribution is -2.46. The first-order chi connectivity index (χ1) is 19.4. The molecular formula is C24H34N6O10-2. The fraction of sp³-hybridized carbons (Fsp3) is 0.500. The topological polar surface area (TPSA) is 190 Å². The molecule has 0 spiro atoms. The Morgan fingerprint density at radius 2 is 1.20 bits per heavy atom. The van der Waals surface area contributed by atoms with E-state index in [0.29, 0.717) is 48.1 Å². The maximum absolute atomic E-state index is 12.1. The van der Waals surface area contributed by atoms with Crippen molar-refractivity contribution >= 4 is 11.9 Å². The van der Waals surface area contributed by atoms with Gasteiger partial charge in [0.1, 0.15) is 50.5 Å². The molecule has 0 amide bonds. The van der Waals surface area contributed by atoms with Crippen LogP contribution in [0.3, 0.4) is 0 Å². The van der Waals surface area contributed by atoms with E-state index < -0.39 is 36.7 Å². The number of benzene rings is 1. The van der Waals surface area contributed by atoms with E-state index in [-0.39, 0.29) is 26.4 Å². The summed E-state index contributed by atoms with van der Waals surface area (Å²) < 4.78 is 21.9. The molecule has 16 nitrogen and oxygen atoms in total. The molecule has 2 atom stereocenters. The molecule has 1 aromatic rings. The zero-order chi connectivity index (χ0) is 28.7. The summed E-state index contributed by atoms with van der Waals surface area (Å²) in [5.41, 5.74) is 0. The first-order valence-corrected chi connectivity index (χ1v) is 12.5. The van der Waals surface area contributed by atoms with Crippen molar-refractivity contribution in [3.8, 4) is 11.5 Å². The third-order valence-corrected chi connectivity index (χ3v) is 5.37. The van der Waals surface area contributed by atoms with Gasteiger partial charge in [-0.2, -0.15) is 0 Å². The Morgan fingerprint density at radius 3 is 1.57 bits per heavy atom. The number of nitrogens with one attached hydrogen (secondary N) is 4. The SMILES string of the molecule is C=CC(=O)OC(COc1cccc(OCC(CON([O-])C2NCCN2)OC(=O)C=C)c1)CON([O-])C1NCCN1. The van der Waals surface area contributed by atoms with Crippen molar-refractivity contribution in [1.29, 1.82) is 0 Å². The zero-order valence-corrected chi connectivity index (χ0v) is 21.8. The predicted octanol–water partition coefficient (Wildman–Crippen LogP) is -0.945. The van der Waals surface area contributed by atoms with Crippen LogP contribution in [-0.4, -0.2) is 99.8 Å². The Kier molecular flexibility index (Phi) is 13.2. The van der Waals surface area contributed by atoms with Crippen LogP contribution >= 0.6 is 0 Å². The van der Waals surface area contributed by atoms with Crippen molar-refractivity contribution in [2.24, 2.45) is 0 Å². The summed E-state index contributed by atoms with van der Waals surface area (Å²) in [6.07, 6.45) is -1.29. The molecule has 2 aliphatic heterocycles. The second-order valence-corrected chi connectivity index (χ2v) is 8.41. The summed E-state index contributed by atoms with van der Waals surface area (Å²) in [6, 6.07) is 6.49. The lowest BCUT2D eigenvalue weighted by atomic mass is 10.3. The van der Waals surface area contributed by atoms with Crippen LogP contribution < -0.4 is 30.7 Å². The van der Waals surface area contributed by atoms with Gasteiger partial charge in [0.05, 0.1) is 0 Å². The van der Waals surface area contributed by atoms with Gasteiger partial charge in [-0.05, 0) is 12.1 Å². The molecule has 0 aromatic heterocycles. The van der Waals surface area contributed by atoms with Crippen molar-refractivity contribution in [3.05, 3.63) is 60.0 Å². The molecule has 222 valence electrons. The van der Waals surface area contributed by atoms with Crippen molar-refractivity contribution < 1.29 is 38.2 Å². The number of ether oxygens (including phenoxy) is 4. The highest BCUT2D eigenvalue weighted by Gasteiger charge is 2.21. The monoisotopic (exact) mass is 566 g/mol. The first kappa shape index (κ1) is 31.4. The van der Waals surface area contributed by atoms with Crippen LogP contribution in [0.25, 0.3) is 0 Å². The minimum Gasteiger partial charge on any atom is -0.760 e. The Bertz CT molecular complexity index is 889. The summed E-state index contributed by atoms with van der Waals surface area (Å²) in [5.74, 6) is -0.699. The Labute approximate surface area is 231 Å². The van der Waals surface area contributed by atoms with Crippen LogP contribution in [0, 0.1) is 10.4 Å². The highest BCUT2D eigenvalue weighted by Crippen LogP contribution is 2.20. The standard InChI is InChI=1S/C24H34N6O10/c1-3-21(31)39-19(15-37-29(33)23-25-8-9-26-23)13-35-17-6-5-7-18(12-17)36-14-20(40-22(32)4-2)16-38-30(34)24-27-10-11-28-24/h3-7,12,19-20,23-28H,1-2,8-11,13-16H2/q-2. The van der Waals surface area contributed by atoms with Crippen molar-refractivity contribution in [2.75, 3.05) is 52.6 Å². The highest BCUT2D eigenvalue weighted by molar-refractivity contribution is 5.81. The second-order valence-electron chi connectivity index (χ2n) is 8.41. The van der Waals surface area contributed by atoms with E-state index in [9.17, 15) is 20.0 Å². The molecule has 40 heavy (non-hydrogen) atoms. The van der Waals surface area contributed by atoms with E-state index in [4.69, 9.17) is 28.6 Å². The smallest absolute Gasteiger partial charge is 0.330 e. The normalized spacial score (nSPS) is 17.5. The van der Waals surface area contributed by atoms with Crippen LogP contribution in [0.4, 0.5) is 0 Å². The van der Waals surface area contributed by atoms with Gasteiger partial charge >= 0.3 is 11.9 Å². The molecule has 0 radical (unpaired) electrons. The maximum atomic E-state index is 12.1. The quantitative estimate of drug-likeness (QED) is 0.0966. The highest BCUT2D eigenvalue weighted by atomic mass is 16.9. The summed E-state index contributed by atoms with van der Waals surface area (Å²) >= 11 is 0. The number of rotatable bonds is 18. The van der Waals surface area contributed by atoms with Gasteiger partial charge in [0, 0.05) is 44.4 Å². The third kappa shape index (κ3) is 10.8. The van der Waals surface area contributed by atoms with E-state index >= 15 is 0 Å². The predicted molar refractivity (Wildman–Crippen MR) is 139 cm³/mol. The van der Waals surface area contributed by atoms with Gasteiger partial charge < -0.3 is 39.0 Å². The lowest BCUT2D eigenvalue weighted by Gasteiger charge is -2.34. The molecule has 16 heteroatoms. The van der Waals surface area contributed by atoms with Crippen LogP contribution in [0.1, 0.15) is 0 Å². The summed E-state index contributed by atoms with van der Waals surface area (Å²) in [4.78, 5) is 33.8. The molecule has 0 saturated carbocycles.